The van der Waals surface area contributed by atoms with Crippen molar-refractivity contribution in [2.45, 2.75) is 13.0 Å². The fourth-order valence-corrected chi connectivity index (χ4v) is 2.86. The zero-order valence-electron chi connectivity index (χ0n) is 9.97. The summed E-state index contributed by atoms with van der Waals surface area (Å²) in [7, 11) is 0. The van der Waals surface area contributed by atoms with Crippen LogP contribution in [-0.2, 0) is 0 Å². The molecule has 1 aliphatic heterocycles. The Morgan fingerprint density at radius 1 is 1.47 bits per heavy atom. The first-order valence-electron chi connectivity index (χ1n) is 5.76. The van der Waals surface area contributed by atoms with Crippen molar-refractivity contribution < 1.29 is 0 Å². The number of nitrogens with one attached hydrogen (secondary N) is 1. The Morgan fingerprint density at radius 2 is 2.24 bits per heavy atom. The summed E-state index contributed by atoms with van der Waals surface area (Å²) in [5.41, 5.74) is 3.64. The number of guanidine groups is 1. The van der Waals surface area contributed by atoms with Crippen LogP contribution >= 0.6 is 11.8 Å². The van der Waals surface area contributed by atoms with Crippen molar-refractivity contribution in [3.8, 4) is 0 Å². The van der Waals surface area contributed by atoms with Crippen molar-refractivity contribution in [2.75, 3.05) is 18.1 Å². The van der Waals surface area contributed by atoms with E-state index in [0.717, 1.165) is 29.7 Å². The van der Waals surface area contributed by atoms with Crippen LogP contribution in [0.25, 0.3) is 0 Å². The normalized spacial score (nSPS) is 21.4. The number of benzene rings is 1. The van der Waals surface area contributed by atoms with E-state index in [4.69, 9.17) is 5.84 Å². The van der Waals surface area contributed by atoms with Crippen LogP contribution in [0, 0.1) is 0 Å². The quantitative estimate of drug-likeness (QED) is 0.344. The number of nitrogens with two attached hydrogens (primary N) is 1. The summed E-state index contributed by atoms with van der Waals surface area (Å²) in [6.45, 7) is 3.19. The van der Waals surface area contributed by atoms with Gasteiger partial charge in [0, 0.05) is 24.1 Å². The molecule has 0 aromatic heterocycles. The molecular formula is C12H18N4S. The van der Waals surface area contributed by atoms with Crippen LogP contribution in [0.2, 0.25) is 0 Å². The van der Waals surface area contributed by atoms with Crippen molar-refractivity contribution in [1.82, 2.24) is 10.3 Å². The van der Waals surface area contributed by atoms with Gasteiger partial charge in [-0.1, -0.05) is 18.2 Å². The number of hydrazine groups is 1. The van der Waals surface area contributed by atoms with Crippen LogP contribution in [0.3, 0.4) is 0 Å². The van der Waals surface area contributed by atoms with E-state index in [0.29, 0.717) is 6.04 Å². The summed E-state index contributed by atoms with van der Waals surface area (Å²) in [5, 5.41) is 0. The highest BCUT2D eigenvalue weighted by Gasteiger charge is 2.21. The number of hydrogen-bond acceptors (Lipinski definition) is 3. The van der Waals surface area contributed by atoms with Crippen molar-refractivity contribution >= 4 is 23.4 Å². The molecule has 1 aromatic carbocycles. The van der Waals surface area contributed by atoms with Crippen molar-refractivity contribution in [1.29, 1.82) is 0 Å². The highest BCUT2D eigenvalue weighted by molar-refractivity contribution is 7.99. The minimum Gasteiger partial charge on any atom is -0.337 e. The van der Waals surface area contributed by atoms with Crippen molar-refractivity contribution in [3.63, 3.8) is 0 Å². The first-order chi connectivity index (χ1) is 8.31. The molecule has 3 N–H and O–H groups in total. The van der Waals surface area contributed by atoms with Gasteiger partial charge < -0.3 is 4.90 Å². The van der Waals surface area contributed by atoms with Crippen LogP contribution in [0.1, 0.15) is 6.92 Å². The first kappa shape index (κ1) is 12.3. The van der Waals surface area contributed by atoms with Crippen LogP contribution in [0.15, 0.2) is 35.3 Å². The molecule has 0 amide bonds. The predicted molar refractivity (Wildman–Crippen MR) is 74.4 cm³/mol. The Labute approximate surface area is 106 Å². The van der Waals surface area contributed by atoms with Gasteiger partial charge in [0.1, 0.15) is 0 Å². The van der Waals surface area contributed by atoms with E-state index < -0.39 is 0 Å². The Balaban J connectivity index is 2.17. The highest BCUT2D eigenvalue weighted by atomic mass is 32.2. The Kier molecular flexibility index (Phi) is 4.28. The van der Waals surface area contributed by atoms with Gasteiger partial charge in [-0.3, -0.25) is 5.43 Å². The fourth-order valence-electron chi connectivity index (χ4n) is 1.85. The third-order valence-corrected chi connectivity index (χ3v) is 3.95. The summed E-state index contributed by atoms with van der Waals surface area (Å²) in [6.07, 6.45) is 0. The Hall–Kier alpha value is -1.20. The molecule has 0 bridgehead atoms. The van der Waals surface area contributed by atoms with Gasteiger partial charge in [0.2, 0.25) is 5.96 Å². The summed E-state index contributed by atoms with van der Waals surface area (Å²) in [6, 6.07) is 10.3. The lowest BCUT2D eigenvalue weighted by Crippen LogP contribution is -2.52. The summed E-state index contributed by atoms with van der Waals surface area (Å²) >= 11 is 1.98. The van der Waals surface area contributed by atoms with Gasteiger partial charge in [-0.05, 0) is 19.1 Å². The first-order valence-corrected chi connectivity index (χ1v) is 6.91. The smallest absolute Gasteiger partial charge is 0.213 e. The lowest BCUT2D eigenvalue weighted by Gasteiger charge is -2.34. The van der Waals surface area contributed by atoms with Crippen LogP contribution in [0.5, 0.6) is 0 Å². The number of thioether (sulfide) groups is 1. The molecule has 1 aliphatic rings. The van der Waals surface area contributed by atoms with Crippen LogP contribution in [0.4, 0.5) is 5.69 Å². The van der Waals surface area contributed by atoms with Gasteiger partial charge in [0.25, 0.3) is 0 Å². The SMILES string of the molecule is CC1CSCCN1C(=Nc1ccccc1)NN. The predicted octanol–water partition coefficient (Wildman–Crippen LogP) is 1.57. The number of aliphatic imine (C=N–C) groups is 1. The molecule has 0 spiro atoms. The van der Waals surface area contributed by atoms with E-state index in [9.17, 15) is 0 Å². The van der Waals surface area contributed by atoms with Crippen LogP contribution in [-0.4, -0.2) is 35.0 Å². The lowest BCUT2D eigenvalue weighted by atomic mass is 10.3. The second kappa shape index (κ2) is 5.93. The van der Waals surface area contributed by atoms with Gasteiger partial charge in [-0.25, -0.2) is 10.8 Å². The molecule has 1 fully saturated rings. The van der Waals surface area contributed by atoms with Gasteiger partial charge in [0.15, 0.2) is 0 Å². The molecule has 2 rings (SSSR count). The van der Waals surface area contributed by atoms with E-state index in [1.165, 1.54) is 0 Å². The second-order valence-corrected chi connectivity index (χ2v) is 5.18. The van der Waals surface area contributed by atoms with Crippen molar-refractivity contribution in [2.24, 2.45) is 10.8 Å². The molecule has 1 aromatic rings. The third-order valence-electron chi connectivity index (χ3n) is 2.76. The average Bonchev–Trinajstić information content (AvgIpc) is 2.38. The molecule has 0 aliphatic carbocycles. The maximum absolute atomic E-state index is 5.58. The molecular weight excluding hydrogens is 232 g/mol. The fraction of sp³-hybridized carbons (Fsp3) is 0.417. The second-order valence-electron chi connectivity index (χ2n) is 4.03. The van der Waals surface area contributed by atoms with E-state index in [-0.39, 0.29) is 0 Å². The van der Waals surface area contributed by atoms with E-state index >= 15 is 0 Å². The Bertz CT molecular complexity index is 379. The molecule has 92 valence electrons. The molecule has 1 saturated heterocycles. The summed E-state index contributed by atoms with van der Waals surface area (Å²) in [5.74, 6) is 8.58. The zero-order chi connectivity index (χ0) is 12.1. The molecule has 17 heavy (non-hydrogen) atoms. The topological polar surface area (TPSA) is 53.6 Å². The van der Waals surface area contributed by atoms with Crippen molar-refractivity contribution in [3.05, 3.63) is 30.3 Å². The number of hydrogen-bond donors (Lipinski definition) is 2. The zero-order valence-corrected chi connectivity index (χ0v) is 10.8. The maximum Gasteiger partial charge on any atom is 0.213 e. The molecule has 1 atom stereocenters. The molecule has 1 unspecified atom stereocenters. The maximum atomic E-state index is 5.58. The number of nitrogens with zero attached hydrogens (tertiary/aromatic N) is 2. The van der Waals surface area contributed by atoms with Gasteiger partial charge in [0.05, 0.1) is 5.69 Å². The summed E-state index contributed by atoms with van der Waals surface area (Å²) < 4.78 is 0. The van der Waals surface area contributed by atoms with E-state index in [1.54, 1.807) is 0 Å². The number of para-hydroxylation sites is 1. The van der Waals surface area contributed by atoms with Gasteiger partial charge in [-0.2, -0.15) is 11.8 Å². The highest BCUT2D eigenvalue weighted by Crippen LogP contribution is 2.17. The van der Waals surface area contributed by atoms with Gasteiger partial charge in [-0.15, -0.1) is 0 Å². The standard InChI is InChI=1S/C12H18N4S/c1-10-9-17-8-7-16(10)12(15-13)14-11-5-3-2-4-6-11/h2-6,10H,7-9,13H2,1H3,(H,14,15). The summed E-state index contributed by atoms with van der Waals surface area (Å²) in [4.78, 5) is 6.77. The van der Waals surface area contributed by atoms with E-state index in [2.05, 4.69) is 22.2 Å². The third kappa shape index (κ3) is 3.14. The molecule has 5 heteroatoms. The molecule has 1 heterocycles. The molecule has 4 nitrogen and oxygen atoms in total. The minimum atomic E-state index is 0.465. The van der Waals surface area contributed by atoms with Crippen LogP contribution < -0.4 is 11.3 Å². The van der Waals surface area contributed by atoms with E-state index in [1.807, 2.05) is 42.1 Å². The lowest BCUT2D eigenvalue weighted by molar-refractivity contribution is 0.353. The monoisotopic (exact) mass is 250 g/mol. The number of rotatable bonds is 1. The molecule has 0 radical (unpaired) electrons. The minimum absolute atomic E-state index is 0.465. The molecule has 0 saturated carbocycles. The van der Waals surface area contributed by atoms with Gasteiger partial charge >= 0.3 is 0 Å². The Morgan fingerprint density at radius 3 is 2.88 bits per heavy atom. The largest absolute Gasteiger partial charge is 0.337 e. The average molecular weight is 250 g/mol.